The van der Waals surface area contributed by atoms with Crippen molar-refractivity contribution in [2.75, 3.05) is 43.8 Å². The average Bonchev–Trinajstić information content (AvgIpc) is 2.56. The molecule has 1 aromatic rings. The molecule has 0 aromatic heterocycles. The Labute approximate surface area is 145 Å². The summed E-state index contributed by atoms with van der Waals surface area (Å²) in [4.78, 5) is 13.9. The number of amides is 1. The summed E-state index contributed by atoms with van der Waals surface area (Å²) in [5, 5.41) is 2.55. The van der Waals surface area contributed by atoms with E-state index >= 15 is 0 Å². The van der Waals surface area contributed by atoms with Crippen molar-refractivity contribution in [2.45, 2.75) is 13.5 Å². The summed E-state index contributed by atoms with van der Waals surface area (Å²) in [7, 11) is -3.22. The van der Waals surface area contributed by atoms with Gasteiger partial charge in [-0.1, -0.05) is 12.1 Å². The number of hydrogen-bond donors (Lipinski definition) is 1. The van der Waals surface area contributed by atoms with Crippen molar-refractivity contribution in [2.24, 2.45) is 0 Å². The summed E-state index contributed by atoms with van der Waals surface area (Å²) in [6, 6.07) is 5.95. The van der Waals surface area contributed by atoms with Gasteiger partial charge in [0.25, 0.3) is 0 Å². The molecular formula is C15H21F2N3O4S. The molecule has 140 valence electrons. The predicted octanol–water partition coefficient (Wildman–Crippen LogP) is 1.19. The van der Waals surface area contributed by atoms with Crippen LogP contribution >= 0.6 is 0 Å². The topological polar surface area (TPSA) is 79.0 Å². The first-order valence-corrected chi connectivity index (χ1v) is 9.46. The highest BCUT2D eigenvalue weighted by atomic mass is 32.2. The first-order valence-electron chi connectivity index (χ1n) is 7.85. The van der Waals surface area contributed by atoms with Crippen LogP contribution in [0.1, 0.15) is 6.92 Å². The Morgan fingerprint density at radius 3 is 2.48 bits per heavy atom. The van der Waals surface area contributed by atoms with E-state index in [0.29, 0.717) is 26.2 Å². The Morgan fingerprint density at radius 1 is 1.24 bits per heavy atom. The maximum absolute atomic E-state index is 12.4. The van der Waals surface area contributed by atoms with Crippen molar-refractivity contribution in [3.63, 3.8) is 0 Å². The van der Waals surface area contributed by atoms with Gasteiger partial charge in [0, 0.05) is 26.2 Å². The van der Waals surface area contributed by atoms with Crippen molar-refractivity contribution >= 4 is 21.6 Å². The quantitative estimate of drug-likeness (QED) is 0.772. The SMILES string of the molecule is CCS(=O)(=O)N1CCN(CC(=O)Nc2ccccc2OC(F)F)CC1. The van der Waals surface area contributed by atoms with Gasteiger partial charge in [-0.2, -0.15) is 13.1 Å². The molecule has 0 unspecified atom stereocenters. The zero-order valence-electron chi connectivity index (χ0n) is 13.8. The highest BCUT2D eigenvalue weighted by molar-refractivity contribution is 7.89. The van der Waals surface area contributed by atoms with E-state index in [2.05, 4.69) is 10.1 Å². The van der Waals surface area contributed by atoms with Gasteiger partial charge < -0.3 is 10.1 Å². The lowest BCUT2D eigenvalue weighted by molar-refractivity contribution is -0.117. The van der Waals surface area contributed by atoms with Crippen LogP contribution in [0.2, 0.25) is 0 Å². The lowest BCUT2D eigenvalue weighted by Gasteiger charge is -2.33. The summed E-state index contributed by atoms with van der Waals surface area (Å²) in [5.74, 6) is -0.434. The summed E-state index contributed by atoms with van der Waals surface area (Å²) in [5.41, 5.74) is 0.167. The number of para-hydroxylation sites is 2. The van der Waals surface area contributed by atoms with Gasteiger partial charge in [-0.05, 0) is 19.1 Å². The number of nitrogens with one attached hydrogen (secondary N) is 1. The highest BCUT2D eigenvalue weighted by Crippen LogP contribution is 2.25. The van der Waals surface area contributed by atoms with Gasteiger partial charge in [0.05, 0.1) is 18.0 Å². The molecule has 1 aliphatic rings. The number of rotatable bonds is 7. The number of sulfonamides is 1. The minimum absolute atomic E-state index is 0.0447. The number of nitrogens with zero attached hydrogens (tertiary/aromatic N) is 2. The van der Waals surface area contributed by atoms with E-state index in [9.17, 15) is 22.0 Å². The molecule has 1 saturated heterocycles. The van der Waals surface area contributed by atoms with Crippen LogP contribution in [-0.2, 0) is 14.8 Å². The maximum Gasteiger partial charge on any atom is 0.387 e. The van der Waals surface area contributed by atoms with Crippen molar-refractivity contribution in [3.8, 4) is 5.75 Å². The van der Waals surface area contributed by atoms with E-state index in [4.69, 9.17) is 0 Å². The van der Waals surface area contributed by atoms with Gasteiger partial charge in [-0.15, -0.1) is 0 Å². The molecule has 1 heterocycles. The molecule has 25 heavy (non-hydrogen) atoms. The Balaban J connectivity index is 1.88. The van der Waals surface area contributed by atoms with E-state index in [1.807, 2.05) is 4.90 Å². The molecule has 0 spiro atoms. The van der Waals surface area contributed by atoms with Crippen LogP contribution in [0.15, 0.2) is 24.3 Å². The van der Waals surface area contributed by atoms with Crippen LogP contribution in [0.5, 0.6) is 5.75 Å². The zero-order chi connectivity index (χ0) is 18.4. The largest absolute Gasteiger partial charge is 0.433 e. The fraction of sp³-hybridized carbons (Fsp3) is 0.533. The third-order valence-electron chi connectivity index (χ3n) is 3.83. The molecule has 0 radical (unpaired) electrons. The van der Waals surface area contributed by atoms with Crippen molar-refractivity contribution in [1.82, 2.24) is 9.21 Å². The smallest absolute Gasteiger partial charge is 0.387 e. The number of piperazine rings is 1. The molecule has 1 aromatic carbocycles. The predicted molar refractivity (Wildman–Crippen MR) is 89.2 cm³/mol. The monoisotopic (exact) mass is 377 g/mol. The van der Waals surface area contributed by atoms with Crippen LogP contribution in [-0.4, -0.2) is 68.6 Å². The van der Waals surface area contributed by atoms with E-state index in [-0.39, 0.29) is 29.6 Å². The van der Waals surface area contributed by atoms with Crippen molar-refractivity contribution in [1.29, 1.82) is 0 Å². The standard InChI is InChI=1S/C15H21F2N3O4S/c1-2-25(22,23)20-9-7-19(8-10-20)11-14(21)18-12-5-3-4-6-13(12)24-15(16)17/h3-6,15H,2,7-11H2,1H3,(H,18,21). The van der Waals surface area contributed by atoms with Gasteiger partial charge in [-0.3, -0.25) is 9.69 Å². The van der Waals surface area contributed by atoms with E-state index in [0.717, 1.165) is 0 Å². The number of benzene rings is 1. The Bertz CT molecular complexity index is 692. The molecule has 0 aliphatic carbocycles. The summed E-state index contributed by atoms with van der Waals surface area (Å²) in [6.07, 6.45) is 0. The minimum atomic E-state index is -3.22. The van der Waals surface area contributed by atoms with Crippen LogP contribution in [0.25, 0.3) is 0 Å². The second kappa shape index (κ2) is 8.54. The van der Waals surface area contributed by atoms with Gasteiger partial charge in [0.1, 0.15) is 5.75 Å². The summed E-state index contributed by atoms with van der Waals surface area (Å²) >= 11 is 0. The van der Waals surface area contributed by atoms with Gasteiger partial charge >= 0.3 is 6.61 Å². The van der Waals surface area contributed by atoms with Crippen LogP contribution in [0, 0.1) is 0 Å². The van der Waals surface area contributed by atoms with Crippen LogP contribution in [0.4, 0.5) is 14.5 Å². The molecule has 10 heteroatoms. The molecule has 0 saturated carbocycles. The number of carbonyl (C=O) groups excluding carboxylic acids is 1. The number of anilines is 1. The van der Waals surface area contributed by atoms with E-state index < -0.39 is 16.6 Å². The number of ether oxygens (including phenoxy) is 1. The Kier molecular flexibility index (Phi) is 6.68. The number of hydrogen-bond acceptors (Lipinski definition) is 5. The third kappa shape index (κ3) is 5.62. The third-order valence-corrected chi connectivity index (χ3v) is 5.72. The zero-order valence-corrected chi connectivity index (χ0v) is 14.6. The molecule has 0 bridgehead atoms. The van der Waals surface area contributed by atoms with Gasteiger partial charge in [0.2, 0.25) is 15.9 Å². The number of halogens is 2. The van der Waals surface area contributed by atoms with Crippen molar-refractivity contribution in [3.05, 3.63) is 24.3 Å². The second-order valence-electron chi connectivity index (χ2n) is 5.50. The lowest BCUT2D eigenvalue weighted by Crippen LogP contribution is -2.50. The average molecular weight is 377 g/mol. The van der Waals surface area contributed by atoms with Gasteiger partial charge in [-0.25, -0.2) is 8.42 Å². The molecule has 2 rings (SSSR count). The van der Waals surface area contributed by atoms with Crippen LogP contribution in [0.3, 0.4) is 0 Å². The van der Waals surface area contributed by atoms with Crippen molar-refractivity contribution < 1.29 is 26.7 Å². The fourth-order valence-electron chi connectivity index (χ4n) is 2.51. The second-order valence-corrected chi connectivity index (χ2v) is 7.76. The summed E-state index contributed by atoms with van der Waals surface area (Å²) < 4.78 is 54.1. The molecule has 1 amide bonds. The first-order chi connectivity index (χ1) is 11.8. The molecule has 1 aliphatic heterocycles. The van der Waals surface area contributed by atoms with Gasteiger partial charge in [0.15, 0.2) is 0 Å². The molecular weight excluding hydrogens is 356 g/mol. The van der Waals surface area contributed by atoms with E-state index in [1.54, 1.807) is 13.0 Å². The fourth-order valence-corrected chi connectivity index (χ4v) is 3.59. The molecule has 1 fully saturated rings. The normalized spacial score (nSPS) is 16.8. The number of alkyl halides is 2. The first kappa shape index (κ1) is 19.5. The number of carbonyl (C=O) groups is 1. The molecule has 1 N–H and O–H groups in total. The molecule has 0 atom stereocenters. The lowest BCUT2D eigenvalue weighted by atomic mass is 10.3. The highest BCUT2D eigenvalue weighted by Gasteiger charge is 2.26. The summed E-state index contributed by atoms with van der Waals surface area (Å²) in [6.45, 7) is 0.177. The minimum Gasteiger partial charge on any atom is -0.433 e. The Morgan fingerprint density at radius 2 is 1.88 bits per heavy atom. The Hall–Kier alpha value is -1.78. The van der Waals surface area contributed by atoms with Crippen LogP contribution < -0.4 is 10.1 Å². The molecule has 7 nitrogen and oxygen atoms in total. The maximum atomic E-state index is 12.4. The van der Waals surface area contributed by atoms with E-state index in [1.165, 1.54) is 22.5 Å².